The molecule has 1 unspecified atom stereocenters. The zero-order valence-electron chi connectivity index (χ0n) is 8.98. The summed E-state index contributed by atoms with van der Waals surface area (Å²) in [4.78, 5) is 11.6. The van der Waals surface area contributed by atoms with Crippen LogP contribution in [-0.4, -0.2) is 31.2 Å². The molecule has 0 amide bonds. The number of carbonyl (C=O) groups is 1. The van der Waals surface area contributed by atoms with Crippen LogP contribution in [0.2, 0.25) is 0 Å². The third-order valence-corrected chi connectivity index (χ3v) is 2.05. The lowest BCUT2D eigenvalue weighted by atomic mass is 10.1. The van der Waals surface area contributed by atoms with Gasteiger partial charge in [-0.3, -0.25) is 4.79 Å². The summed E-state index contributed by atoms with van der Waals surface area (Å²) in [5.41, 5.74) is 0.355. The summed E-state index contributed by atoms with van der Waals surface area (Å²) in [6, 6.07) is 4.83. The summed E-state index contributed by atoms with van der Waals surface area (Å²) in [5, 5.41) is 9.18. The molecule has 4 heteroatoms. The summed E-state index contributed by atoms with van der Waals surface area (Å²) in [7, 11) is 3.00. The van der Waals surface area contributed by atoms with Crippen LogP contribution in [-0.2, 0) is 0 Å². The van der Waals surface area contributed by atoms with Crippen molar-refractivity contribution in [2.24, 2.45) is 0 Å². The topological polar surface area (TPSA) is 55.8 Å². The van der Waals surface area contributed by atoms with Gasteiger partial charge in [0.15, 0.2) is 5.78 Å². The smallest absolute Gasteiger partial charge is 0.194 e. The number of rotatable bonds is 4. The molecule has 0 saturated carbocycles. The molecule has 0 saturated heterocycles. The maximum Gasteiger partial charge on any atom is 0.194 e. The Labute approximate surface area is 88.4 Å². The molecule has 1 N–H and O–H groups in total. The van der Waals surface area contributed by atoms with E-state index in [1.54, 1.807) is 18.2 Å². The maximum absolute atomic E-state index is 11.6. The molecule has 0 aliphatic carbocycles. The average molecular weight is 210 g/mol. The Kier molecular flexibility index (Phi) is 3.68. The van der Waals surface area contributed by atoms with E-state index in [-0.39, 0.29) is 5.78 Å². The van der Waals surface area contributed by atoms with Crippen LogP contribution in [0.25, 0.3) is 0 Å². The van der Waals surface area contributed by atoms with Crippen LogP contribution in [0.5, 0.6) is 11.5 Å². The van der Waals surface area contributed by atoms with Crippen molar-refractivity contribution in [3.63, 3.8) is 0 Å². The van der Waals surface area contributed by atoms with E-state index in [0.29, 0.717) is 17.1 Å². The molecule has 0 heterocycles. The molecule has 0 aromatic heterocycles. The van der Waals surface area contributed by atoms with Crippen LogP contribution >= 0.6 is 0 Å². The summed E-state index contributed by atoms with van der Waals surface area (Å²) in [5.74, 6) is 0.642. The van der Waals surface area contributed by atoms with Crippen molar-refractivity contribution >= 4 is 5.78 Å². The van der Waals surface area contributed by atoms with E-state index in [2.05, 4.69) is 0 Å². The quantitative estimate of drug-likeness (QED) is 0.760. The Morgan fingerprint density at radius 1 is 1.33 bits per heavy atom. The number of carbonyl (C=O) groups excluding carboxylic acids is 1. The molecule has 1 rings (SSSR count). The Morgan fingerprint density at radius 2 is 2.00 bits per heavy atom. The van der Waals surface area contributed by atoms with Gasteiger partial charge < -0.3 is 14.6 Å². The molecular weight excluding hydrogens is 196 g/mol. The molecule has 4 nitrogen and oxygen atoms in total. The third kappa shape index (κ3) is 2.47. The van der Waals surface area contributed by atoms with E-state index in [1.807, 2.05) is 0 Å². The molecule has 1 atom stereocenters. The van der Waals surface area contributed by atoms with E-state index < -0.39 is 6.10 Å². The SMILES string of the molecule is COc1ccc(C(=O)C(C)O)c(OC)c1. The largest absolute Gasteiger partial charge is 0.497 e. The highest BCUT2D eigenvalue weighted by atomic mass is 16.5. The zero-order valence-corrected chi connectivity index (χ0v) is 8.98. The number of Topliss-reactive ketones (excluding diaryl/α,β-unsaturated/α-hetero) is 1. The summed E-state index contributed by atoms with van der Waals surface area (Å²) in [6.07, 6.45) is -1.03. The van der Waals surface area contributed by atoms with Crippen LogP contribution in [0.15, 0.2) is 18.2 Å². The molecule has 1 aromatic rings. The molecule has 0 bridgehead atoms. The minimum atomic E-state index is -1.03. The van der Waals surface area contributed by atoms with Gasteiger partial charge in [0.1, 0.15) is 17.6 Å². The summed E-state index contributed by atoms with van der Waals surface area (Å²) < 4.78 is 10.0. The number of benzene rings is 1. The fourth-order valence-electron chi connectivity index (χ4n) is 1.23. The van der Waals surface area contributed by atoms with Gasteiger partial charge in [0.05, 0.1) is 19.8 Å². The molecular formula is C11H14O4. The van der Waals surface area contributed by atoms with E-state index in [4.69, 9.17) is 9.47 Å². The maximum atomic E-state index is 11.6. The highest BCUT2D eigenvalue weighted by molar-refractivity contribution is 6.01. The minimum absolute atomic E-state index is 0.355. The first kappa shape index (κ1) is 11.5. The van der Waals surface area contributed by atoms with Crippen molar-refractivity contribution in [1.29, 1.82) is 0 Å². The van der Waals surface area contributed by atoms with Gasteiger partial charge in [-0.2, -0.15) is 0 Å². The monoisotopic (exact) mass is 210 g/mol. The van der Waals surface area contributed by atoms with Crippen LogP contribution in [0.3, 0.4) is 0 Å². The van der Waals surface area contributed by atoms with Crippen molar-refractivity contribution in [2.75, 3.05) is 14.2 Å². The molecule has 0 aliphatic rings. The van der Waals surface area contributed by atoms with Gasteiger partial charge in [0.2, 0.25) is 0 Å². The molecule has 0 spiro atoms. The molecule has 0 fully saturated rings. The lowest BCUT2D eigenvalue weighted by molar-refractivity contribution is 0.0776. The second-order valence-electron chi connectivity index (χ2n) is 3.11. The van der Waals surface area contributed by atoms with Crippen molar-refractivity contribution in [3.8, 4) is 11.5 Å². The molecule has 82 valence electrons. The number of hydrogen-bond acceptors (Lipinski definition) is 4. The third-order valence-electron chi connectivity index (χ3n) is 2.05. The first-order chi connectivity index (χ1) is 7.10. The van der Waals surface area contributed by atoms with Crippen molar-refractivity contribution < 1.29 is 19.4 Å². The first-order valence-corrected chi connectivity index (χ1v) is 4.54. The van der Waals surface area contributed by atoms with Crippen LogP contribution in [0, 0.1) is 0 Å². The number of ether oxygens (including phenoxy) is 2. The Morgan fingerprint density at radius 3 is 2.47 bits per heavy atom. The van der Waals surface area contributed by atoms with Crippen LogP contribution in [0.1, 0.15) is 17.3 Å². The summed E-state index contributed by atoms with van der Waals surface area (Å²) in [6.45, 7) is 1.42. The molecule has 1 aromatic carbocycles. The zero-order chi connectivity index (χ0) is 11.4. The standard InChI is InChI=1S/C11H14O4/c1-7(12)11(13)9-5-4-8(14-2)6-10(9)15-3/h4-7,12H,1-3H3. The number of hydrogen-bond donors (Lipinski definition) is 1. The Bertz CT molecular complexity index is 358. The fourth-order valence-corrected chi connectivity index (χ4v) is 1.23. The highest BCUT2D eigenvalue weighted by Crippen LogP contribution is 2.25. The van der Waals surface area contributed by atoms with Gasteiger partial charge in [0.25, 0.3) is 0 Å². The highest BCUT2D eigenvalue weighted by Gasteiger charge is 2.17. The normalized spacial score (nSPS) is 12.0. The predicted octanol–water partition coefficient (Wildman–Crippen LogP) is 1.27. The van der Waals surface area contributed by atoms with Crippen molar-refractivity contribution in [2.45, 2.75) is 13.0 Å². The summed E-state index contributed by atoms with van der Waals surface area (Å²) >= 11 is 0. The van der Waals surface area contributed by atoms with Gasteiger partial charge in [-0.15, -0.1) is 0 Å². The Balaban J connectivity index is 3.13. The van der Waals surface area contributed by atoms with Crippen molar-refractivity contribution in [3.05, 3.63) is 23.8 Å². The molecule has 0 aliphatic heterocycles. The van der Waals surface area contributed by atoms with E-state index >= 15 is 0 Å². The van der Waals surface area contributed by atoms with Gasteiger partial charge in [-0.25, -0.2) is 0 Å². The first-order valence-electron chi connectivity index (χ1n) is 4.54. The predicted molar refractivity (Wildman–Crippen MR) is 55.6 cm³/mol. The average Bonchev–Trinajstić information content (AvgIpc) is 2.27. The second kappa shape index (κ2) is 4.79. The van der Waals surface area contributed by atoms with Crippen LogP contribution < -0.4 is 9.47 Å². The minimum Gasteiger partial charge on any atom is -0.497 e. The number of aliphatic hydroxyl groups excluding tert-OH is 1. The van der Waals surface area contributed by atoms with E-state index in [1.165, 1.54) is 21.1 Å². The van der Waals surface area contributed by atoms with E-state index in [0.717, 1.165) is 0 Å². The Hall–Kier alpha value is -1.55. The molecule has 15 heavy (non-hydrogen) atoms. The number of aliphatic hydroxyl groups is 1. The van der Waals surface area contributed by atoms with Crippen LogP contribution in [0.4, 0.5) is 0 Å². The van der Waals surface area contributed by atoms with Gasteiger partial charge in [0, 0.05) is 6.07 Å². The van der Waals surface area contributed by atoms with Gasteiger partial charge >= 0.3 is 0 Å². The van der Waals surface area contributed by atoms with Gasteiger partial charge in [-0.05, 0) is 19.1 Å². The van der Waals surface area contributed by atoms with Gasteiger partial charge in [-0.1, -0.05) is 0 Å². The van der Waals surface area contributed by atoms with E-state index in [9.17, 15) is 9.90 Å². The number of methoxy groups -OCH3 is 2. The lowest BCUT2D eigenvalue weighted by Crippen LogP contribution is -2.16. The van der Waals surface area contributed by atoms with Crippen molar-refractivity contribution in [1.82, 2.24) is 0 Å². The lowest BCUT2D eigenvalue weighted by Gasteiger charge is -2.10. The molecule has 0 radical (unpaired) electrons. The fraction of sp³-hybridized carbons (Fsp3) is 0.364. The number of ketones is 1. The second-order valence-corrected chi connectivity index (χ2v) is 3.11.